The minimum atomic E-state index is -0.127. The molecule has 0 unspecified atom stereocenters. The maximum Gasteiger partial charge on any atom is 0.262 e. The van der Waals surface area contributed by atoms with E-state index in [9.17, 15) is 14.4 Å². The van der Waals surface area contributed by atoms with Gasteiger partial charge in [-0.05, 0) is 86.0 Å². The number of fused-ring (bicyclic) bond motifs is 3. The van der Waals surface area contributed by atoms with Crippen molar-refractivity contribution < 1.29 is 4.52 Å². The molecule has 0 fully saturated rings. The third-order valence-electron chi connectivity index (χ3n) is 8.85. The van der Waals surface area contributed by atoms with Crippen molar-refractivity contribution in [2.75, 3.05) is 0 Å². The smallest absolute Gasteiger partial charge is 0.262 e. The molecule has 0 spiro atoms. The molecule has 0 amide bonds. The zero-order chi connectivity index (χ0) is 40.1. The van der Waals surface area contributed by atoms with E-state index in [1.165, 1.54) is 20.0 Å². The summed E-state index contributed by atoms with van der Waals surface area (Å²) in [6.45, 7) is 2.81. The van der Waals surface area contributed by atoms with Crippen LogP contribution in [0.15, 0.2) is 129 Å². The monoisotopic (exact) mass is 815 g/mol. The van der Waals surface area contributed by atoms with Crippen molar-refractivity contribution in [1.82, 2.24) is 53.3 Å². The molecule has 0 saturated carbocycles. The van der Waals surface area contributed by atoms with Gasteiger partial charge in [0, 0.05) is 31.7 Å². The molecule has 0 bridgehead atoms. The largest absolute Gasteiger partial charge is 0.364 e. The second-order valence-corrected chi connectivity index (χ2v) is 13.8. The zero-order valence-corrected chi connectivity index (χ0v) is 32.9. The first-order valence-electron chi connectivity index (χ1n) is 17.4. The molecule has 0 saturated heterocycles. The third kappa shape index (κ3) is 8.57. The van der Waals surface area contributed by atoms with Gasteiger partial charge in [-0.3, -0.25) is 28.1 Å². The summed E-state index contributed by atoms with van der Waals surface area (Å²) in [5.74, 6) is 1.46. The first-order valence-corrected chi connectivity index (χ1v) is 18.6. The van der Waals surface area contributed by atoms with Crippen LogP contribution in [0, 0.1) is 21.2 Å². The number of nitrogens with one attached hydrogen (secondary N) is 3. The Morgan fingerprint density at radius 1 is 0.596 bits per heavy atom. The number of aromatic amines is 3. The van der Waals surface area contributed by atoms with Crippen molar-refractivity contribution in [2.24, 2.45) is 7.05 Å². The van der Waals surface area contributed by atoms with Gasteiger partial charge < -0.3 is 24.0 Å². The number of aromatic nitrogens is 11. The van der Waals surface area contributed by atoms with Gasteiger partial charge in [0.05, 0.1) is 58.0 Å². The molecule has 0 aliphatic heterocycles. The van der Waals surface area contributed by atoms with E-state index in [2.05, 4.69) is 35.1 Å². The fourth-order valence-corrected chi connectivity index (χ4v) is 6.73. The highest BCUT2D eigenvalue weighted by atomic mass is 32.1. The molecule has 15 nitrogen and oxygen atoms in total. The number of aryl methyl sites for hydroxylation is 2. The fraction of sp³-hybridized carbons (Fsp3) is 0.128. The molecule has 0 radical (unpaired) electrons. The van der Waals surface area contributed by atoms with Gasteiger partial charge in [0.1, 0.15) is 23.6 Å². The molecule has 18 heteroatoms. The van der Waals surface area contributed by atoms with Gasteiger partial charge in [0.2, 0.25) is 0 Å². The molecule has 0 aliphatic carbocycles. The Kier molecular flexibility index (Phi) is 11.4. The minimum Gasteiger partial charge on any atom is -0.364 e. The number of hydrogen-bond donors (Lipinski definition) is 3. The van der Waals surface area contributed by atoms with E-state index in [0.29, 0.717) is 61.6 Å². The lowest BCUT2D eigenvalue weighted by molar-refractivity contribution is 0.409. The van der Waals surface area contributed by atoms with Gasteiger partial charge in [-0.1, -0.05) is 41.6 Å². The van der Waals surface area contributed by atoms with Crippen molar-refractivity contribution in [3.63, 3.8) is 0 Å². The van der Waals surface area contributed by atoms with Crippen LogP contribution in [-0.4, -0.2) is 53.3 Å². The van der Waals surface area contributed by atoms with Crippen LogP contribution in [0.1, 0.15) is 23.0 Å². The molecule has 9 rings (SSSR count). The summed E-state index contributed by atoms with van der Waals surface area (Å²) < 4.78 is 12.3. The van der Waals surface area contributed by atoms with E-state index in [4.69, 9.17) is 41.2 Å². The maximum atomic E-state index is 12.5. The average molecular weight is 816 g/mol. The molecule has 3 N–H and O–H groups in total. The number of benzene rings is 3. The summed E-state index contributed by atoms with van der Waals surface area (Å²) in [7, 11) is 1.89. The highest BCUT2D eigenvalue weighted by Crippen LogP contribution is 2.10. The Morgan fingerprint density at radius 3 is 1.51 bits per heavy atom. The number of H-pyrrole nitrogens is 3. The Morgan fingerprint density at radius 2 is 1.07 bits per heavy atom. The number of rotatable bonds is 6. The van der Waals surface area contributed by atoms with Gasteiger partial charge in [-0.25, -0.2) is 15.0 Å². The SMILES string of the molecule is Cc1nccc(Cn2c(=S)[nH]c3ccccc3c2=O)n1.Cn1ccnc1Cn1c(=S)[nH]c2ccccc2c1=O.O=c1c2ccccc2[nH]c(=S)n1Cc1ccon1. The highest BCUT2D eigenvalue weighted by Gasteiger charge is 2.10. The number of hydrogen-bond acceptors (Lipinski definition) is 11. The zero-order valence-electron chi connectivity index (χ0n) is 30.4. The molecule has 286 valence electrons. The predicted molar refractivity (Wildman–Crippen MR) is 224 cm³/mol. The van der Waals surface area contributed by atoms with Gasteiger partial charge in [0.15, 0.2) is 14.3 Å². The Hall–Kier alpha value is -6.76. The summed E-state index contributed by atoms with van der Waals surface area (Å²) in [4.78, 5) is 58.9. The van der Waals surface area contributed by atoms with Crippen LogP contribution in [0.25, 0.3) is 32.7 Å². The van der Waals surface area contributed by atoms with Crippen molar-refractivity contribution >= 4 is 69.4 Å². The van der Waals surface area contributed by atoms with E-state index in [1.807, 2.05) is 79.3 Å². The Bertz CT molecular complexity index is 3250. The van der Waals surface area contributed by atoms with Crippen LogP contribution in [0.5, 0.6) is 0 Å². The number of nitrogens with zero attached hydrogens (tertiary/aromatic N) is 8. The lowest BCUT2D eigenvalue weighted by atomic mass is 10.2. The Balaban J connectivity index is 0.000000131. The first kappa shape index (κ1) is 38.5. The highest BCUT2D eigenvalue weighted by molar-refractivity contribution is 7.71. The summed E-state index contributed by atoms with van der Waals surface area (Å²) >= 11 is 15.7. The van der Waals surface area contributed by atoms with Crippen molar-refractivity contribution in [2.45, 2.75) is 26.6 Å². The second kappa shape index (κ2) is 16.9. The van der Waals surface area contributed by atoms with E-state index in [-0.39, 0.29) is 16.7 Å². The van der Waals surface area contributed by atoms with Crippen LogP contribution >= 0.6 is 36.7 Å². The van der Waals surface area contributed by atoms with E-state index in [0.717, 1.165) is 28.1 Å². The summed E-state index contributed by atoms with van der Waals surface area (Å²) in [6, 6.07) is 25.4. The number of para-hydroxylation sites is 3. The van der Waals surface area contributed by atoms with Crippen LogP contribution in [0.4, 0.5) is 0 Å². The van der Waals surface area contributed by atoms with E-state index >= 15 is 0 Å². The molecule has 0 atom stereocenters. The van der Waals surface area contributed by atoms with Gasteiger partial charge in [0.25, 0.3) is 16.7 Å². The lowest BCUT2D eigenvalue weighted by Gasteiger charge is -2.07. The quantitative estimate of drug-likeness (QED) is 0.164. The molecular formula is C39H33N11O4S3. The molecule has 6 aromatic heterocycles. The number of imidazole rings is 1. The lowest BCUT2D eigenvalue weighted by Crippen LogP contribution is -2.24. The van der Waals surface area contributed by atoms with Crippen LogP contribution in [0.2, 0.25) is 0 Å². The second-order valence-electron chi connectivity index (χ2n) is 12.6. The van der Waals surface area contributed by atoms with Crippen molar-refractivity contribution in [1.29, 1.82) is 0 Å². The molecule has 3 aromatic carbocycles. The van der Waals surface area contributed by atoms with Crippen LogP contribution in [-0.2, 0) is 26.7 Å². The van der Waals surface area contributed by atoms with Crippen molar-refractivity contribution in [3.05, 3.63) is 178 Å². The molecule has 57 heavy (non-hydrogen) atoms. The normalized spacial score (nSPS) is 10.9. The average Bonchev–Trinajstić information content (AvgIpc) is 3.88. The summed E-state index contributed by atoms with van der Waals surface area (Å²) in [6.07, 6.45) is 6.69. The first-order chi connectivity index (χ1) is 27.6. The van der Waals surface area contributed by atoms with Crippen LogP contribution in [0.3, 0.4) is 0 Å². The van der Waals surface area contributed by atoms with Crippen molar-refractivity contribution in [3.8, 4) is 0 Å². The predicted octanol–water partition coefficient (Wildman–Crippen LogP) is 6.14. The Labute approximate surface area is 337 Å². The molecule has 6 heterocycles. The van der Waals surface area contributed by atoms with E-state index in [1.54, 1.807) is 42.7 Å². The minimum absolute atomic E-state index is 0.0950. The molecule has 0 aliphatic rings. The fourth-order valence-electron chi connectivity index (χ4n) is 5.95. The van der Waals surface area contributed by atoms with Gasteiger partial charge in [-0.2, -0.15) is 0 Å². The third-order valence-corrected chi connectivity index (χ3v) is 9.82. The van der Waals surface area contributed by atoms with E-state index < -0.39 is 0 Å². The molecular weight excluding hydrogens is 783 g/mol. The van der Waals surface area contributed by atoms with Gasteiger partial charge in [-0.15, -0.1) is 0 Å². The van der Waals surface area contributed by atoms with Crippen LogP contribution < -0.4 is 16.7 Å². The standard InChI is InChI=1S/C14H12N4OS.C13H12N4OS.C12H9N3O2S/c1-9-15-7-6-10(16-9)8-18-13(19)11-4-2-3-5-12(11)17-14(18)20;1-16-7-6-14-11(16)8-17-12(18)9-4-2-3-5-10(9)15-13(17)19;16-11-9-3-1-2-4-10(9)13-12(18)15(11)7-8-5-6-17-14-8/h2-7H,8H2,1H3,(H,17,20);2-7H,8H2,1H3,(H,15,19);1-6H,7H2,(H,13,18). The summed E-state index contributed by atoms with van der Waals surface area (Å²) in [5.41, 5.74) is 3.33. The molecule has 9 aromatic rings. The maximum absolute atomic E-state index is 12.5. The summed E-state index contributed by atoms with van der Waals surface area (Å²) in [5, 5.41) is 5.63. The van der Waals surface area contributed by atoms with Gasteiger partial charge >= 0.3 is 0 Å². The topological polar surface area (TPSA) is 183 Å².